The molecule has 0 unspecified atom stereocenters. The van der Waals surface area contributed by atoms with Gasteiger partial charge in [0.15, 0.2) is 0 Å². The number of hydrogen-bond acceptors (Lipinski definition) is 1. The van der Waals surface area contributed by atoms with Gasteiger partial charge in [0.25, 0.3) is 0 Å². The molecule has 0 amide bonds. The summed E-state index contributed by atoms with van der Waals surface area (Å²) in [5, 5.41) is 0. The fraction of sp³-hybridized carbons (Fsp3) is 0.833. The van der Waals surface area contributed by atoms with Crippen LogP contribution in [0.15, 0.2) is 12.8 Å². The summed E-state index contributed by atoms with van der Waals surface area (Å²) in [7, 11) is 0. The number of rotatable bonds is 2. The van der Waals surface area contributed by atoms with Gasteiger partial charge in [-0.3, -0.25) is 0 Å². The molecule has 0 N–H and O–H groups in total. The largest absolute Gasteiger partial charge is 0.477 e. The summed E-state index contributed by atoms with van der Waals surface area (Å²) in [5.41, 5.74) is -29.8. The third-order valence-electron chi connectivity index (χ3n) is 5.48. The lowest BCUT2D eigenvalue weighted by Gasteiger charge is -2.74. The van der Waals surface area contributed by atoms with Crippen molar-refractivity contribution in [2.45, 2.75) is 58.1 Å². The van der Waals surface area contributed by atoms with Gasteiger partial charge in [-0.2, -0.15) is 52.7 Å². The van der Waals surface area contributed by atoms with Crippen LogP contribution in [0, 0.1) is 0 Å². The number of hydrogen-bond donors (Lipinski definition) is 0. The summed E-state index contributed by atoms with van der Waals surface area (Å²) in [6.45, 7) is 2.16. The lowest BCUT2D eigenvalue weighted by molar-refractivity contribution is -0.615. The molecule has 0 aromatic rings. The monoisotopic (exact) mass is 448 g/mol. The van der Waals surface area contributed by atoms with E-state index in [2.05, 4.69) is 11.3 Å². The van der Waals surface area contributed by atoms with Gasteiger partial charge in [-0.05, 0) is 0 Å². The lowest BCUT2D eigenvalue weighted by Crippen LogP contribution is -3.09. The second-order valence-corrected chi connectivity index (χ2v) is 6.39. The minimum absolute atomic E-state index is 0.923. The Kier molecular flexibility index (Phi) is 3.16. The second-order valence-electron chi connectivity index (χ2n) is 6.39. The molecule has 16 heteroatoms. The third kappa shape index (κ3) is 1.11. The van der Waals surface area contributed by atoms with Gasteiger partial charge in [0.1, 0.15) is 0 Å². The zero-order valence-corrected chi connectivity index (χ0v) is 12.4. The minimum atomic E-state index is -7.79. The zero-order chi connectivity index (χ0) is 22.4. The molecule has 4 rings (SSSR count). The molecule has 4 aliphatic carbocycles. The maximum absolute atomic E-state index is 14.5. The first-order valence-corrected chi connectivity index (χ1v) is 6.68. The molecule has 1 nitrogen and oxygen atoms in total. The average molecular weight is 448 g/mol. The Morgan fingerprint density at radius 1 is 0.429 bits per heavy atom. The number of ether oxygens (including phenoxy) is 1. The highest BCUT2D eigenvalue weighted by Gasteiger charge is 3.23. The van der Waals surface area contributed by atoms with Gasteiger partial charge in [0, 0.05) is 0 Å². The maximum atomic E-state index is 14.5. The van der Waals surface area contributed by atoms with Gasteiger partial charge in [-0.15, -0.1) is 0 Å². The molecule has 162 valence electrons. The highest BCUT2D eigenvalue weighted by Crippen LogP contribution is 2.88. The van der Waals surface area contributed by atoms with E-state index >= 15 is 0 Å². The fourth-order valence-electron chi connectivity index (χ4n) is 4.15. The van der Waals surface area contributed by atoms with Crippen molar-refractivity contribution >= 4 is 0 Å². The summed E-state index contributed by atoms with van der Waals surface area (Å²) in [5.74, 6) is -46.0. The van der Waals surface area contributed by atoms with Crippen molar-refractivity contribution in [1.29, 1.82) is 0 Å². The van der Waals surface area contributed by atoms with Crippen molar-refractivity contribution in [3.05, 3.63) is 12.8 Å². The van der Waals surface area contributed by atoms with E-state index in [1.54, 1.807) is 0 Å². The van der Waals surface area contributed by atoms with Gasteiger partial charge in [0.05, 0.1) is 6.26 Å². The van der Waals surface area contributed by atoms with Crippen LogP contribution in [0.2, 0.25) is 0 Å². The Morgan fingerprint density at radius 2 is 0.643 bits per heavy atom. The Morgan fingerprint density at radius 3 is 0.821 bits per heavy atom. The molecular formula is C12H3F15O. The van der Waals surface area contributed by atoms with E-state index in [-0.39, 0.29) is 0 Å². The smallest absolute Gasteiger partial charge is 0.344 e. The van der Waals surface area contributed by atoms with E-state index in [1.165, 1.54) is 0 Å². The van der Waals surface area contributed by atoms with E-state index in [0.29, 0.717) is 0 Å². The first kappa shape index (κ1) is 21.2. The Hall–Kier alpha value is -1.51. The second kappa shape index (κ2) is 4.18. The van der Waals surface area contributed by atoms with E-state index in [4.69, 9.17) is 0 Å². The molecule has 4 bridgehead atoms. The van der Waals surface area contributed by atoms with E-state index in [9.17, 15) is 65.9 Å². The van der Waals surface area contributed by atoms with Gasteiger partial charge in [0.2, 0.25) is 0 Å². The van der Waals surface area contributed by atoms with Gasteiger partial charge in [-0.1, -0.05) is 6.58 Å². The van der Waals surface area contributed by atoms with Crippen LogP contribution in [-0.2, 0) is 4.74 Å². The number of alkyl halides is 15. The molecule has 4 aliphatic rings. The molecule has 0 aliphatic heterocycles. The van der Waals surface area contributed by atoms with Gasteiger partial charge in [-0.25, -0.2) is 13.2 Å². The van der Waals surface area contributed by atoms with Crippen molar-refractivity contribution in [2.75, 3.05) is 0 Å². The van der Waals surface area contributed by atoms with Crippen LogP contribution >= 0.6 is 0 Å². The third-order valence-corrected chi connectivity index (χ3v) is 5.48. The first-order chi connectivity index (χ1) is 12.1. The number of halogens is 15. The van der Waals surface area contributed by atoms with Crippen LogP contribution in [0.5, 0.6) is 0 Å². The molecule has 0 radical (unpaired) electrons. The van der Waals surface area contributed by atoms with Crippen LogP contribution in [0.4, 0.5) is 65.9 Å². The summed E-state index contributed by atoms with van der Waals surface area (Å²) in [4.78, 5) is 0. The summed E-state index contributed by atoms with van der Waals surface area (Å²) >= 11 is 0. The van der Waals surface area contributed by atoms with E-state index in [1.807, 2.05) is 0 Å². The predicted octanol–water partition coefficient (Wildman–Crippen LogP) is 4.86. The Labute approximate surface area is 143 Å². The molecule has 0 heterocycles. The predicted molar refractivity (Wildman–Crippen MR) is 55.2 cm³/mol. The zero-order valence-electron chi connectivity index (χ0n) is 12.4. The quantitative estimate of drug-likeness (QED) is 0.433. The topological polar surface area (TPSA) is 9.23 Å². The van der Waals surface area contributed by atoms with Crippen LogP contribution in [0.3, 0.4) is 0 Å². The van der Waals surface area contributed by atoms with Gasteiger partial charge >= 0.3 is 58.1 Å². The average Bonchev–Trinajstić information content (AvgIpc) is 2.52. The van der Waals surface area contributed by atoms with Crippen molar-refractivity contribution < 1.29 is 70.6 Å². The van der Waals surface area contributed by atoms with Crippen LogP contribution < -0.4 is 0 Å². The van der Waals surface area contributed by atoms with Crippen LogP contribution in [0.1, 0.15) is 0 Å². The maximum Gasteiger partial charge on any atom is 0.344 e. The molecule has 0 spiro atoms. The highest BCUT2D eigenvalue weighted by atomic mass is 19.3. The molecule has 4 fully saturated rings. The Bertz CT molecular complexity index is 656. The molecule has 4 saturated carbocycles. The summed E-state index contributed by atoms with van der Waals surface area (Å²) in [6, 6.07) is 0. The van der Waals surface area contributed by atoms with Crippen molar-refractivity contribution in [3.8, 4) is 0 Å². The summed E-state index contributed by atoms with van der Waals surface area (Å²) < 4.78 is 215. The van der Waals surface area contributed by atoms with Crippen LogP contribution in [-0.4, -0.2) is 58.1 Å². The molecule has 28 heavy (non-hydrogen) atoms. The first-order valence-electron chi connectivity index (χ1n) is 6.68. The molecule has 0 atom stereocenters. The highest BCUT2D eigenvalue weighted by molar-refractivity contribution is 5.54. The van der Waals surface area contributed by atoms with Crippen molar-refractivity contribution in [1.82, 2.24) is 0 Å². The molecule has 0 saturated heterocycles. The van der Waals surface area contributed by atoms with E-state index in [0.717, 1.165) is 0 Å². The van der Waals surface area contributed by atoms with Gasteiger partial charge < -0.3 is 4.74 Å². The molecule has 0 aromatic carbocycles. The van der Waals surface area contributed by atoms with Crippen LogP contribution in [0.25, 0.3) is 0 Å². The molecular weight excluding hydrogens is 445 g/mol. The Balaban J connectivity index is 2.73. The molecule has 0 aromatic heterocycles. The minimum Gasteiger partial charge on any atom is -0.477 e. The lowest BCUT2D eigenvalue weighted by atomic mass is 9.40. The fourth-order valence-corrected chi connectivity index (χ4v) is 4.15. The normalized spacial score (nSPS) is 50.2. The van der Waals surface area contributed by atoms with E-state index < -0.39 is 64.4 Å². The SMILES string of the molecule is C=COC12C(F)(F)C3(F)C(F)(F)C(F)(C(F)(F)C(F)(C3(F)F)C1(F)F)C2(F)F. The standard InChI is InChI=1S/C12H3F15O/c1-2-28-6-10(22,23)3(13)7(16,17)4(14,11(6,24)25)9(20,21)5(15,8(3,18)19)12(6,26)27/h2H,1H2. The summed E-state index contributed by atoms with van der Waals surface area (Å²) in [6.07, 6.45) is -0.923. The van der Waals surface area contributed by atoms with Crippen molar-refractivity contribution in [2.24, 2.45) is 0 Å². The van der Waals surface area contributed by atoms with Crippen molar-refractivity contribution in [3.63, 3.8) is 0 Å².